The van der Waals surface area contributed by atoms with E-state index in [9.17, 15) is 9.00 Å². The molecular weight excluding hydrogens is 319 g/mol. The fraction of sp³-hybridized carbons (Fsp3) is 0.0769. The SMILES string of the molecule is O=C1c2cccnc2S(=O)N1Cc1ccc(Cl)c(Cl)c1. The monoisotopic (exact) mass is 326 g/mol. The van der Waals surface area contributed by atoms with Crippen molar-refractivity contribution >= 4 is 40.1 Å². The predicted molar refractivity (Wildman–Crippen MR) is 77.0 cm³/mol. The number of pyridine rings is 1. The highest BCUT2D eigenvalue weighted by atomic mass is 35.5. The standard InChI is InChI=1S/C13H8Cl2N2O2S/c14-10-4-3-8(6-11(10)15)7-17-13(18)9-2-1-5-16-12(9)20(17)19/h1-6H,7H2. The third-order valence-corrected chi connectivity index (χ3v) is 4.99. The van der Waals surface area contributed by atoms with Crippen molar-refractivity contribution in [1.29, 1.82) is 0 Å². The van der Waals surface area contributed by atoms with Gasteiger partial charge in [0.1, 0.15) is 0 Å². The smallest absolute Gasteiger partial charge is 0.268 e. The average Bonchev–Trinajstić information content (AvgIpc) is 2.69. The van der Waals surface area contributed by atoms with Crippen LogP contribution in [0.2, 0.25) is 10.0 Å². The van der Waals surface area contributed by atoms with E-state index < -0.39 is 11.0 Å². The van der Waals surface area contributed by atoms with Gasteiger partial charge in [0, 0.05) is 6.20 Å². The van der Waals surface area contributed by atoms with E-state index in [2.05, 4.69) is 4.98 Å². The molecule has 0 saturated heterocycles. The maximum Gasteiger partial charge on any atom is 0.269 e. The first-order chi connectivity index (χ1) is 9.58. The third kappa shape index (κ3) is 2.22. The van der Waals surface area contributed by atoms with Crippen LogP contribution >= 0.6 is 23.2 Å². The van der Waals surface area contributed by atoms with Crippen molar-refractivity contribution in [2.24, 2.45) is 0 Å². The van der Waals surface area contributed by atoms with Gasteiger partial charge in [-0.1, -0.05) is 29.3 Å². The van der Waals surface area contributed by atoms with Crippen LogP contribution in [0.25, 0.3) is 0 Å². The lowest BCUT2D eigenvalue weighted by Gasteiger charge is -2.14. The Hall–Kier alpha value is -1.43. The predicted octanol–water partition coefficient (Wildman–Crippen LogP) is 3.07. The molecule has 0 aliphatic carbocycles. The molecule has 1 unspecified atom stereocenters. The van der Waals surface area contributed by atoms with Crippen molar-refractivity contribution in [2.45, 2.75) is 11.6 Å². The number of carbonyl (C=O) groups is 1. The van der Waals surface area contributed by atoms with E-state index in [0.29, 0.717) is 20.6 Å². The summed E-state index contributed by atoms with van der Waals surface area (Å²) in [5, 5.41) is 1.14. The summed E-state index contributed by atoms with van der Waals surface area (Å²) < 4.78 is 13.5. The lowest BCUT2D eigenvalue weighted by molar-refractivity contribution is 0.0868. The number of carbonyl (C=O) groups excluding carboxylic acids is 1. The van der Waals surface area contributed by atoms with E-state index in [-0.39, 0.29) is 12.5 Å². The minimum Gasteiger partial charge on any atom is -0.268 e. The van der Waals surface area contributed by atoms with E-state index in [0.717, 1.165) is 5.56 Å². The van der Waals surface area contributed by atoms with Crippen LogP contribution in [-0.4, -0.2) is 19.4 Å². The maximum atomic E-state index is 12.3. The lowest BCUT2D eigenvalue weighted by Crippen LogP contribution is -2.25. The number of hydrogen-bond donors (Lipinski definition) is 0. The molecule has 1 aliphatic rings. The summed E-state index contributed by atoms with van der Waals surface area (Å²) in [7, 11) is -1.58. The summed E-state index contributed by atoms with van der Waals surface area (Å²) in [4.78, 5) is 16.2. The van der Waals surface area contributed by atoms with Crippen LogP contribution in [0.1, 0.15) is 15.9 Å². The van der Waals surface area contributed by atoms with Crippen molar-refractivity contribution in [3.8, 4) is 0 Å². The zero-order chi connectivity index (χ0) is 14.3. The van der Waals surface area contributed by atoms with Crippen LogP contribution in [-0.2, 0) is 17.5 Å². The number of nitrogens with zero attached hydrogens (tertiary/aromatic N) is 2. The molecule has 0 N–H and O–H groups in total. The van der Waals surface area contributed by atoms with E-state index in [1.165, 1.54) is 10.5 Å². The Kier molecular flexibility index (Phi) is 3.50. The number of hydrogen-bond acceptors (Lipinski definition) is 3. The van der Waals surface area contributed by atoms with Crippen molar-refractivity contribution in [3.05, 3.63) is 57.7 Å². The highest BCUT2D eigenvalue weighted by Crippen LogP contribution is 2.28. The topological polar surface area (TPSA) is 50.3 Å². The van der Waals surface area contributed by atoms with Gasteiger partial charge < -0.3 is 0 Å². The van der Waals surface area contributed by atoms with Crippen LogP contribution in [0.3, 0.4) is 0 Å². The molecule has 3 rings (SSSR count). The van der Waals surface area contributed by atoms with Gasteiger partial charge in [-0.15, -0.1) is 0 Å². The summed E-state index contributed by atoms with van der Waals surface area (Å²) in [5.41, 5.74) is 1.14. The van der Waals surface area contributed by atoms with E-state index >= 15 is 0 Å². The Balaban J connectivity index is 1.91. The number of halogens is 2. The number of aromatic nitrogens is 1. The summed E-state index contributed by atoms with van der Waals surface area (Å²) >= 11 is 11.8. The van der Waals surface area contributed by atoms with Crippen LogP contribution in [0, 0.1) is 0 Å². The van der Waals surface area contributed by atoms with Gasteiger partial charge in [-0.3, -0.25) is 4.79 Å². The highest BCUT2D eigenvalue weighted by Gasteiger charge is 2.35. The van der Waals surface area contributed by atoms with Gasteiger partial charge in [0.2, 0.25) is 0 Å². The van der Waals surface area contributed by atoms with Crippen molar-refractivity contribution in [2.75, 3.05) is 0 Å². The number of amides is 1. The molecule has 0 spiro atoms. The minimum absolute atomic E-state index is 0.193. The Morgan fingerprint density at radius 3 is 2.70 bits per heavy atom. The summed E-state index contributed by atoms with van der Waals surface area (Å²) in [6.45, 7) is 0.193. The molecule has 4 nitrogen and oxygen atoms in total. The molecule has 1 aliphatic heterocycles. The second-order valence-electron chi connectivity index (χ2n) is 4.20. The molecule has 0 saturated carbocycles. The second kappa shape index (κ2) is 5.16. The first-order valence-corrected chi connectivity index (χ1v) is 7.57. The van der Waals surface area contributed by atoms with Gasteiger partial charge >= 0.3 is 0 Å². The molecule has 20 heavy (non-hydrogen) atoms. The number of rotatable bonds is 2. The molecule has 0 radical (unpaired) electrons. The molecule has 0 bridgehead atoms. The van der Waals surface area contributed by atoms with Gasteiger partial charge in [0.05, 0.1) is 22.2 Å². The van der Waals surface area contributed by atoms with Crippen LogP contribution < -0.4 is 0 Å². The Morgan fingerprint density at radius 2 is 2.00 bits per heavy atom. The average molecular weight is 327 g/mol. The summed E-state index contributed by atoms with van der Waals surface area (Å²) in [5.74, 6) is -0.294. The molecule has 1 amide bonds. The van der Waals surface area contributed by atoms with Crippen LogP contribution in [0.15, 0.2) is 41.6 Å². The number of fused-ring (bicyclic) bond motifs is 1. The third-order valence-electron chi connectivity index (χ3n) is 2.90. The Labute approximate surface area is 127 Å². The zero-order valence-corrected chi connectivity index (χ0v) is 12.4. The molecule has 1 atom stereocenters. The molecule has 2 aromatic rings. The van der Waals surface area contributed by atoms with Gasteiger partial charge in [-0.05, 0) is 29.8 Å². The second-order valence-corrected chi connectivity index (χ2v) is 6.34. The fourth-order valence-electron chi connectivity index (χ4n) is 1.94. The lowest BCUT2D eigenvalue weighted by atomic mass is 10.2. The van der Waals surface area contributed by atoms with Crippen molar-refractivity contribution in [3.63, 3.8) is 0 Å². The quantitative estimate of drug-likeness (QED) is 0.852. The van der Waals surface area contributed by atoms with Crippen LogP contribution in [0.5, 0.6) is 0 Å². The zero-order valence-electron chi connectivity index (χ0n) is 10.0. The summed E-state index contributed by atoms with van der Waals surface area (Å²) in [6.07, 6.45) is 1.52. The maximum absolute atomic E-state index is 12.3. The van der Waals surface area contributed by atoms with Crippen LogP contribution in [0.4, 0.5) is 0 Å². The number of benzene rings is 1. The molecule has 0 fully saturated rings. The first-order valence-electron chi connectivity index (χ1n) is 5.70. The van der Waals surface area contributed by atoms with Crippen molar-refractivity contribution < 1.29 is 9.00 Å². The van der Waals surface area contributed by atoms with E-state index in [4.69, 9.17) is 23.2 Å². The molecular formula is C13H8Cl2N2O2S. The molecule has 102 valence electrons. The molecule has 7 heteroatoms. The minimum atomic E-state index is -1.58. The van der Waals surface area contributed by atoms with Gasteiger partial charge in [-0.2, -0.15) is 0 Å². The molecule has 1 aromatic carbocycles. The van der Waals surface area contributed by atoms with E-state index in [1.54, 1.807) is 30.3 Å². The normalized spacial score (nSPS) is 17.4. The van der Waals surface area contributed by atoms with Gasteiger partial charge in [0.25, 0.3) is 5.91 Å². The Morgan fingerprint density at radius 1 is 1.20 bits per heavy atom. The molecule has 1 aromatic heterocycles. The largest absolute Gasteiger partial charge is 0.269 e. The van der Waals surface area contributed by atoms with Crippen molar-refractivity contribution in [1.82, 2.24) is 9.29 Å². The van der Waals surface area contributed by atoms with Gasteiger partial charge in [-0.25, -0.2) is 13.5 Å². The first kappa shape index (κ1) is 13.5. The highest BCUT2D eigenvalue weighted by molar-refractivity contribution is 7.83. The van der Waals surface area contributed by atoms with Gasteiger partial charge in [0.15, 0.2) is 16.0 Å². The molecule has 2 heterocycles. The fourth-order valence-corrected chi connectivity index (χ4v) is 3.48. The summed E-state index contributed by atoms with van der Waals surface area (Å²) in [6, 6.07) is 8.32. The van der Waals surface area contributed by atoms with E-state index in [1.807, 2.05) is 0 Å². The Bertz CT molecular complexity index is 701.